The highest BCUT2D eigenvalue weighted by atomic mass is 79.9. The SMILES string of the molecule is Cc1ccc(Br)cc1NC(=O)c1ccccc1.Cc1ccc(Oc2cccc([N+](=O)[O-])c2)cc1NC(=O)c1ccccc1.O=C(Nc1cc(Oc2cccc([N+](=O)[O-])c2)ccc1C(=O)O)c1ccccc1. The van der Waals surface area contributed by atoms with Crippen LogP contribution in [-0.2, 0) is 0 Å². The Kier molecular flexibility index (Phi) is 17.6. The number of nitro groups is 2. The number of nitrogens with one attached hydrogen (secondary N) is 3. The second kappa shape index (κ2) is 24.5. The van der Waals surface area contributed by atoms with Crippen molar-refractivity contribution in [1.82, 2.24) is 0 Å². The summed E-state index contributed by atoms with van der Waals surface area (Å²) in [7, 11) is 0. The summed E-state index contributed by atoms with van der Waals surface area (Å²) in [6, 6.07) is 53.0. The van der Waals surface area contributed by atoms with Crippen LogP contribution in [0.4, 0.5) is 28.4 Å². The number of nitrogens with zero attached hydrogens (tertiary/aromatic N) is 2. The van der Waals surface area contributed by atoms with E-state index >= 15 is 0 Å². The monoisotopic (exact) mass is 1020 g/mol. The minimum atomic E-state index is -1.22. The minimum absolute atomic E-state index is 0.0456. The van der Waals surface area contributed by atoms with Crippen molar-refractivity contribution in [2.75, 3.05) is 16.0 Å². The third-order valence-electron chi connectivity index (χ3n) is 10.0. The number of halogens is 1. The Labute approximate surface area is 415 Å². The van der Waals surface area contributed by atoms with Gasteiger partial charge >= 0.3 is 5.97 Å². The third-order valence-corrected chi connectivity index (χ3v) is 10.5. The normalized spacial score (nSPS) is 10.1. The largest absolute Gasteiger partial charge is 0.478 e. The van der Waals surface area contributed by atoms with Crippen molar-refractivity contribution in [3.8, 4) is 23.0 Å². The maximum Gasteiger partial charge on any atom is 0.337 e. The Morgan fingerprint density at radius 2 is 0.817 bits per heavy atom. The van der Waals surface area contributed by atoms with Crippen molar-refractivity contribution in [3.05, 3.63) is 252 Å². The van der Waals surface area contributed by atoms with Gasteiger partial charge in [-0.1, -0.05) is 94.8 Å². The predicted octanol–water partition coefficient (Wildman–Crippen LogP) is 13.3. The van der Waals surface area contributed by atoms with Crippen LogP contribution in [-0.4, -0.2) is 38.6 Å². The standard InChI is InChI=1S/C20H14N2O6.C20H16N2O4.C14H12BrNO/c23-19(13-5-2-1-3-6-13)21-18-12-16(9-10-17(18)20(24)25)28-15-8-4-7-14(11-15)22(26)27;1-14-10-11-18(26-17-9-5-8-16(12-17)22(24)25)13-19(14)21-20(23)15-6-3-2-4-7-15;1-10-7-8-12(15)9-13(10)16-14(17)11-5-3-2-4-6-11/h1-12H,(H,21,23)(H,24,25);2-13H,1H3,(H,21,23);2-9H,1H3,(H,16,17). The van der Waals surface area contributed by atoms with Gasteiger partial charge in [0, 0.05) is 56.8 Å². The number of nitro benzene ring substituents is 2. The zero-order valence-corrected chi connectivity index (χ0v) is 39.4. The quantitative estimate of drug-likeness (QED) is 0.0627. The fourth-order valence-electron chi connectivity index (χ4n) is 6.35. The van der Waals surface area contributed by atoms with E-state index in [1.54, 1.807) is 91.0 Å². The lowest BCUT2D eigenvalue weighted by molar-refractivity contribution is -0.385. The summed E-state index contributed by atoms with van der Waals surface area (Å²) in [6.07, 6.45) is 0. The highest BCUT2D eigenvalue weighted by Crippen LogP contribution is 2.31. The number of carboxylic acids is 1. The number of aryl methyl sites for hydroxylation is 2. The number of carboxylic acid groups (broad SMARTS) is 1. The number of non-ortho nitro benzene ring substituents is 2. The average molecular weight is 1020 g/mol. The van der Waals surface area contributed by atoms with Gasteiger partial charge in [0.2, 0.25) is 0 Å². The van der Waals surface area contributed by atoms with Gasteiger partial charge in [-0.15, -0.1) is 0 Å². The molecule has 3 amide bonds. The minimum Gasteiger partial charge on any atom is -0.478 e. The molecule has 0 radical (unpaired) electrons. The number of carbonyl (C=O) groups is 4. The van der Waals surface area contributed by atoms with Crippen molar-refractivity contribution < 1.29 is 43.6 Å². The van der Waals surface area contributed by atoms with Gasteiger partial charge < -0.3 is 30.5 Å². The van der Waals surface area contributed by atoms with E-state index in [1.165, 1.54) is 54.6 Å². The van der Waals surface area contributed by atoms with E-state index in [0.29, 0.717) is 33.9 Å². The van der Waals surface area contributed by atoms with Gasteiger partial charge in [-0.05, 0) is 104 Å². The molecule has 0 aromatic heterocycles. The van der Waals surface area contributed by atoms with Gasteiger partial charge in [0.15, 0.2) is 0 Å². The lowest BCUT2D eigenvalue weighted by Gasteiger charge is -2.12. The molecule has 0 aliphatic heterocycles. The summed E-state index contributed by atoms with van der Waals surface area (Å²) in [5.74, 6) is -0.761. The van der Waals surface area contributed by atoms with E-state index in [0.717, 1.165) is 21.3 Å². The summed E-state index contributed by atoms with van der Waals surface area (Å²) >= 11 is 3.39. The molecule has 0 aliphatic carbocycles. The molecule has 0 saturated heterocycles. The topological polar surface area (TPSA) is 229 Å². The van der Waals surface area contributed by atoms with Gasteiger partial charge in [0.1, 0.15) is 23.0 Å². The maximum atomic E-state index is 12.4. The lowest BCUT2D eigenvalue weighted by atomic mass is 10.1. The van der Waals surface area contributed by atoms with Crippen LogP contribution < -0.4 is 25.4 Å². The Bertz CT molecular complexity index is 3210. The smallest absolute Gasteiger partial charge is 0.337 e. The first-order valence-corrected chi connectivity index (χ1v) is 22.1. The Morgan fingerprint density at radius 3 is 1.24 bits per heavy atom. The molecular formula is C54H42BrN5O11. The Hall–Kier alpha value is -9.48. The van der Waals surface area contributed by atoms with Crippen molar-refractivity contribution >= 4 is 68.1 Å². The second-order valence-electron chi connectivity index (χ2n) is 15.1. The third kappa shape index (κ3) is 15.0. The summed E-state index contributed by atoms with van der Waals surface area (Å²) in [5.41, 5.74) is 4.67. The Balaban J connectivity index is 0.000000179. The molecule has 71 heavy (non-hydrogen) atoms. The van der Waals surface area contributed by atoms with Crippen molar-refractivity contribution in [2.45, 2.75) is 13.8 Å². The molecule has 0 unspecified atom stereocenters. The van der Waals surface area contributed by atoms with E-state index in [9.17, 15) is 44.5 Å². The molecule has 0 heterocycles. The van der Waals surface area contributed by atoms with Crippen LogP contribution >= 0.6 is 15.9 Å². The van der Waals surface area contributed by atoms with Gasteiger partial charge in [-0.2, -0.15) is 0 Å². The first kappa shape index (κ1) is 50.9. The second-order valence-corrected chi connectivity index (χ2v) is 16.0. The number of hydrogen-bond donors (Lipinski definition) is 4. The van der Waals surface area contributed by atoms with E-state index < -0.39 is 21.7 Å². The first-order chi connectivity index (χ1) is 34.1. The summed E-state index contributed by atoms with van der Waals surface area (Å²) in [5, 5.41) is 39.4. The summed E-state index contributed by atoms with van der Waals surface area (Å²) < 4.78 is 12.2. The summed E-state index contributed by atoms with van der Waals surface area (Å²) in [6.45, 7) is 3.84. The molecular weight excluding hydrogens is 975 g/mol. The number of hydrogen-bond acceptors (Lipinski definition) is 10. The molecule has 0 fully saturated rings. The van der Waals surface area contributed by atoms with Crippen LogP contribution in [0.2, 0.25) is 0 Å². The molecule has 8 rings (SSSR count). The van der Waals surface area contributed by atoms with Gasteiger partial charge in [0.05, 0.1) is 33.2 Å². The molecule has 356 valence electrons. The van der Waals surface area contributed by atoms with Gasteiger partial charge in [0.25, 0.3) is 29.1 Å². The van der Waals surface area contributed by atoms with E-state index in [1.807, 2.05) is 62.4 Å². The van der Waals surface area contributed by atoms with Crippen LogP contribution in [0.25, 0.3) is 0 Å². The van der Waals surface area contributed by atoms with E-state index in [4.69, 9.17) is 9.47 Å². The number of aromatic carboxylic acids is 1. The maximum absolute atomic E-state index is 12.4. The van der Waals surface area contributed by atoms with Crippen molar-refractivity contribution in [2.24, 2.45) is 0 Å². The number of rotatable bonds is 13. The van der Waals surface area contributed by atoms with Crippen LogP contribution in [0.5, 0.6) is 23.0 Å². The lowest BCUT2D eigenvalue weighted by Crippen LogP contribution is -2.14. The van der Waals surface area contributed by atoms with Crippen LogP contribution in [0.3, 0.4) is 0 Å². The fourth-order valence-corrected chi connectivity index (χ4v) is 6.71. The first-order valence-electron chi connectivity index (χ1n) is 21.3. The molecule has 0 saturated carbocycles. The van der Waals surface area contributed by atoms with Gasteiger partial charge in [-0.25, -0.2) is 4.79 Å². The number of anilines is 3. The van der Waals surface area contributed by atoms with Crippen molar-refractivity contribution in [3.63, 3.8) is 0 Å². The number of benzene rings is 8. The van der Waals surface area contributed by atoms with Crippen LogP contribution in [0, 0.1) is 34.1 Å². The molecule has 17 heteroatoms. The highest BCUT2D eigenvalue weighted by molar-refractivity contribution is 9.10. The molecule has 0 spiro atoms. The van der Waals surface area contributed by atoms with E-state index in [2.05, 4.69) is 31.9 Å². The van der Waals surface area contributed by atoms with E-state index in [-0.39, 0.29) is 45.9 Å². The van der Waals surface area contributed by atoms with Crippen LogP contribution in [0.15, 0.2) is 199 Å². The predicted molar refractivity (Wildman–Crippen MR) is 273 cm³/mol. The number of amides is 3. The van der Waals surface area contributed by atoms with Gasteiger partial charge in [-0.3, -0.25) is 34.6 Å². The molecule has 0 bridgehead atoms. The molecule has 0 aliphatic rings. The number of carbonyl (C=O) groups excluding carboxylic acids is 3. The molecule has 8 aromatic carbocycles. The Morgan fingerprint density at radius 1 is 0.451 bits per heavy atom. The molecule has 16 nitrogen and oxygen atoms in total. The van der Waals surface area contributed by atoms with Crippen molar-refractivity contribution in [1.29, 1.82) is 0 Å². The highest BCUT2D eigenvalue weighted by Gasteiger charge is 2.17. The average Bonchev–Trinajstić information content (AvgIpc) is 3.37. The molecule has 4 N–H and O–H groups in total. The molecule has 8 aromatic rings. The van der Waals surface area contributed by atoms with Crippen LogP contribution in [0.1, 0.15) is 52.6 Å². The molecule has 0 atom stereocenters. The number of ether oxygens (including phenoxy) is 2. The summed E-state index contributed by atoms with van der Waals surface area (Å²) in [4.78, 5) is 68.8. The zero-order chi connectivity index (χ0) is 50.9. The zero-order valence-electron chi connectivity index (χ0n) is 37.8. The fraction of sp³-hybridized carbons (Fsp3) is 0.0370.